The number of nitrogens with two attached hydrogens (primary N) is 1. The molecule has 4 heteroatoms. The topological polar surface area (TPSA) is 44.5 Å². The largest absolute Gasteiger partial charge is 0.487 e. The Hall–Kier alpha value is -0.740. The highest BCUT2D eigenvalue weighted by Gasteiger charge is 2.24. The molecule has 0 spiro atoms. The molecular weight excluding hydrogens is 282 g/mol. The summed E-state index contributed by atoms with van der Waals surface area (Å²) in [6.45, 7) is 0. The van der Waals surface area contributed by atoms with Crippen molar-refractivity contribution in [1.82, 2.24) is 0 Å². The molecule has 1 aromatic carbocycles. The summed E-state index contributed by atoms with van der Waals surface area (Å²) >= 11 is 3.47. The molecule has 0 bridgehead atoms. The summed E-state index contributed by atoms with van der Waals surface area (Å²) in [5, 5.41) is 0. The molecule has 2 rings (SSSR count). The summed E-state index contributed by atoms with van der Waals surface area (Å²) in [5.41, 5.74) is 6.60. The van der Waals surface area contributed by atoms with Crippen LogP contribution in [0.1, 0.15) is 25.7 Å². The zero-order valence-corrected chi connectivity index (χ0v) is 11.6. The SMILES string of the molecule is COC1CCCC(Oc2c(N)cccc2Br)C1. The highest BCUT2D eigenvalue weighted by molar-refractivity contribution is 9.10. The van der Waals surface area contributed by atoms with Crippen LogP contribution < -0.4 is 10.5 Å². The van der Waals surface area contributed by atoms with E-state index >= 15 is 0 Å². The first-order valence-electron chi connectivity index (χ1n) is 5.94. The summed E-state index contributed by atoms with van der Waals surface area (Å²) in [6.07, 6.45) is 4.81. The number of halogens is 1. The molecule has 0 aliphatic heterocycles. The Morgan fingerprint density at radius 2 is 2.06 bits per heavy atom. The Labute approximate surface area is 110 Å². The van der Waals surface area contributed by atoms with Crippen LogP contribution >= 0.6 is 15.9 Å². The maximum absolute atomic E-state index is 6.00. The third-order valence-electron chi connectivity index (χ3n) is 3.19. The molecule has 94 valence electrons. The Kier molecular flexibility index (Phi) is 4.29. The highest BCUT2D eigenvalue weighted by atomic mass is 79.9. The minimum atomic E-state index is 0.203. The number of methoxy groups -OCH3 is 1. The minimum absolute atomic E-state index is 0.203. The third-order valence-corrected chi connectivity index (χ3v) is 3.82. The summed E-state index contributed by atoms with van der Waals surface area (Å²) in [7, 11) is 1.76. The first-order valence-corrected chi connectivity index (χ1v) is 6.73. The van der Waals surface area contributed by atoms with E-state index in [2.05, 4.69) is 15.9 Å². The lowest BCUT2D eigenvalue weighted by molar-refractivity contribution is 0.0210. The van der Waals surface area contributed by atoms with Gasteiger partial charge in [0, 0.05) is 13.5 Å². The van der Waals surface area contributed by atoms with Crippen molar-refractivity contribution >= 4 is 21.6 Å². The fraction of sp³-hybridized carbons (Fsp3) is 0.538. The lowest BCUT2D eigenvalue weighted by atomic mass is 9.95. The molecule has 0 saturated heterocycles. The first kappa shape index (κ1) is 12.7. The van der Waals surface area contributed by atoms with Crippen molar-refractivity contribution in [2.24, 2.45) is 0 Å². The Morgan fingerprint density at radius 3 is 2.76 bits per heavy atom. The van der Waals surface area contributed by atoms with Crippen LogP contribution in [0.15, 0.2) is 22.7 Å². The molecule has 1 aromatic rings. The van der Waals surface area contributed by atoms with E-state index < -0.39 is 0 Å². The smallest absolute Gasteiger partial charge is 0.156 e. The first-order chi connectivity index (χ1) is 8.20. The minimum Gasteiger partial charge on any atom is -0.487 e. The lowest BCUT2D eigenvalue weighted by Gasteiger charge is -2.29. The van der Waals surface area contributed by atoms with Gasteiger partial charge in [0.1, 0.15) is 6.10 Å². The maximum atomic E-state index is 6.00. The fourth-order valence-corrected chi connectivity index (χ4v) is 2.71. The second-order valence-corrected chi connectivity index (χ2v) is 5.28. The Morgan fingerprint density at radius 1 is 1.29 bits per heavy atom. The van der Waals surface area contributed by atoms with E-state index in [9.17, 15) is 0 Å². The van der Waals surface area contributed by atoms with Gasteiger partial charge in [-0.1, -0.05) is 6.07 Å². The van der Waals surface area contributed by atoms with Crippen LogP contribution in [0.3, 0.4) is 0 Å². The van der Waals surface area contributed by atoms with Crippen molar-refractivity contribution in [1.29, 1.82) is 0 Å². The number of ether oxygens (including phenoxy) is 2. The summed E-state index contributed by atoms with van der Waals surface area (Å²) in [6, 6.07) is 5.71. The van der Waals surface area contributed by atoms with E-state index in [0.29, 0.717) is 11.8 Å². The maximum Gasteiger partial charge on any atom is 0.156 e. The standard InChI is InChI=1S/C13H18BrNO2/c1-16-9-4-2-5-10(8-9)17-13-11(14)6-3-7-12(13)15/h3,6-7,9-10H,2,4-5,8,15H2,1H3. The number of hydrogen-bond acceptors (Lipinski definition) is 3. The van der Waals surface area contributed by atoms with Crippen molar-refractivity contribution in [2.45, 2.75) is 37.9 Å². The van der Waals surface area contributed by atoms with Crippen LogP contribution in [0.2, 0.25) is 0 Å². The molecule has 2 atom stereocenters. The van der Waals surface area contributed by atoms with Crippen LogP contribution in [0.4, 0.5) is 5.69 Å². The van der Waals surface area contributed by atoms with Gasteiger partial charge in [-0.15, -0.1) is 0 Å². The van der Waals surface area contributed by atoms with Crippen LogP contribution in [0.25, 0.3) is 0 Å². The van der Waals surface area contributed by atoms with Gasteiger partial charge in [-0.25, -0.2) is 0 Å². The number of anilines is 1. The molecule has 0 amide bonds. The predicted molar refractivity (Wildman–Crippen MR) is 72.2 cm³/mol. The van der Waals surface area contributed by atoms with E-state index in [0.717, 1.165) is 35.9 Å². The molecule has 0 aromatic heterocycles. The molecular formula is C13H18BrNO2. The molecule has 1 aliphatic rings. The third kappa shape index (κ3) is 3.13. The molecule has 0 heterocycles. The van der Waals surface area contributed by atoms with Crippen molar-refractivity contribution in [3.63, 3.8) is 0 Å². The van der Waals surface area contributed by atoms with Gasteiger partial charge < -0.3 is 15.2 Å². The molecule has 2 N–H and O–H groups in total. The highest BCUT2D eigenvalue weighted by Crippen LogP contribution is 2.34. The van der Waals surface area contributed by atoms with Gasteiger partial charge in [-0.2, -0.15) is 0 Å². The van der Waals surface area contributed by atoms with Crippen LogP contribution in [-0.2, 0) is 4.74 Å². The second kappa shape index (κ2) is 5.74. The average Bonchev–Trinajstić information content (AvgIpc) is 2.34. The van der Waals surface area contributed by atoms with Crippen molar-refractivity contribution in [3.8, 4) is 5.75 Å². The van der Waals surface area contributed by atoms with E-state index in [-0.39, 0.29) is 6.10 Å². The monoisotopic (exact) mass is 299 g/mol. The van der Waals surface area contributed by atoms with Gasteiger partial charge in [0.25, 0.3) is 0 Å². The predicted octanol–water partition coefficient (Wildman–Crippen LogP) is 3.37. The Balaban J connectivity index is 2.05. The van der Waals surface area contributed by atoms with Crippen LogP contribution in [-0.4, -0.2) is 19.3 Å². The quantitative estimate of drug-likeness (QED) is 0.870. The number of hydrogen-bond donors (Lipinski definition) is 1. The molecule has 0 radical (unpaired) electrons. The van der Waals surface area contributed by atoms with Gasteiger partial charge >= 0.3 is 0 Å². The number of para-hydroxylation sites is 1. The normalized spacial score (nSPS) is 24.6. The summed E-state index contributed by atoms with van der Waals surface area (Å²) in [4.78, 5) is 0. The van der Waals surface area contributed by atoms with Crippen LogP contribution in [0.5, 0.6) is 5.75 Å². The molecule has 2 unspecified atom stereocenters. The average molecular weight is 300 g/mol. The van der Waals surface area contributed by atoms with Gasteiger partial charge in [0.15, 0.2) is 5.75 Å². The molecule has 1 aliphatic carbocycles. The van der Waals surface area contributed by atoms with E-state index in [1.165, 1.54) is 0 Å². The summed E-state index contributed by atoms with van der Waals surface area (Å²) in [5.74, 6) is 0.759. The Bertz CT molecular complexity index is 363. The van der Waals surface area contributed by atoms with Crippen molar-refractivity contribution in [3.05, 3.63) is 22.7 Å². The molecule has 17 heavy (non-hydrogen) atoms. The van der Waals surface area contributed by atoms with E-state index in [1.807, 2.05) is 18.2 Å². The number of rotatable bonds is 3. The van der Waals surface area contributed by atoms with Crippen molar-refractivity contribution in [2.75, 3.05) is 12.8 Å². The number of nitrogen functional groups attached to an aromatic ring is 1. The van der Waals surface area contributed by atoms with Gasteiger partial charge in [0.2, 0.25) is 0 Å². The summed E-state index contributed by atoms with van der Waals surface area (Å²) < 4.78 is 12.3. The van der Waals surface area contributed by atoms with Crippen molar-refractivity contribution < 1.29 is 9.47 Å². The number of benzene rings is 1. The van der Waals surface area contributed by atoms with E-state index in [1.54, 1.807) is 7.11 Å². The zero-order valence-electron chi connectivity index (χ0n) is 9.99. The zero-order chi connectivity index (χ0) is 12.3. The fourth-order valence-electron chi connectivity index (χ4n) is 2.24. The lowest BCUT2D eigenvalue weighted by Crippen LogP contribution is -2.29. The van der Waals surface area contributed by atoms with E-state index in [4.69, 9.17) is 15.2 Å². The molecule has 3 nitrogen and oxygen atoms in total. The van der Waals surface area contributed by atoms with Gasteiger partial charge in [-0.05, 0) is 47.3 Å². The molecule has 1 saturated carbocycles. The molecule has 1 fully saturated rings. The van der Waals surface area contributed by atoms with Gasteiger partial charge in [0.05, 0.1) is 16.3 Å². The van der Waals surface area contributed by atoms with Crippen LogP contribution in [0, 0.1) is 0 Å². The second-order valence-electron chi connectivity index (χ2n) is 4.42. The van der Waals surface area contributed by atoms with Gasteiger partial charge in [-0.3, -0.25) is 0 Å².